The first-order valence-corrected chi connectivity index (χ1v) is 7.39. The van der Waals surface area contributed by atoms with Crippen molar-refractivity contribution >= 4 is 16.5 Å². The Morgan fingerprint density at radius 2 is 2.14 bits per heavy atom. The van der Waals surface area contributed by atoms with Crippen molar-refractivity contribution in [1.82, 2.24) is 14.8 Å². The monoisotopic (exact) mass is 302 g/mol. The number of thiazole rings is 1. The van der Waals surface area contributed by atoms with Crippen LogP contribution in [0, 0.1) is 12.7 Å². The lowest BCUT2D eigenvalue weighted by Crippen LogP contribution is -2.00. The molecule has 6 heteroatoms. The zero-order valence-corrected chi connectivity index (χ0v) is 12.6. The molecular formula is C15H15FN4S. The van der Waals surface area contributed by atoms with Crippen molar-refractivity contribution in [1.29, 1.82) is 0 Å². The maximum atomic E-state index is 13.5. The van der Waals surface area contributed by atoms with Crippen LogP contribution < -0.4 is 5.32 Å². The van der Waals surface area contributed by atoms with Gasteiger partial charge in [0.1, 0.15) is 5.82 Å². The number of anilines is 1. The fourth-order valence-corrected chi connectivity index (χ4v) is 2.99. The Bertz CT molecular complexity index is 763. The molecule has 0 saturated carbocycles. The van der Waals surface area contributed by atoms with Gasteiger partial charge in [0.05, 0.1) is 16.3 Å². The molecule has 0 saturated heterocycles. The predicted molar refractivity (Wildman–Crippen MR) is 82.8 cm³/mol. The SMILES string of the molecule is Cc1cc(-c2cnc(NCc3ccccc3F)s2)n(C)n1. The van der Waals surface area contributed by atoms with Crippen molar-refractivity contribution in [2.24, 2.45) is 7.05 Å². The number of aromatic nitrogens is 3. The molecule has 0 amide bonds. The lowest BCUT2D eigenvalue weighted by molar-refractivity contribution is 0.613. The van der Waals surface area contributed by atoms with Crippen LogP contribution in [-0.2, 0) is 13.6 Å². The van der Waals surface area contributed by atoms with Crippen LogP contribution in [0.25, 0.3) is 10.6 Å². The van der Waals surface area contributed by atoms with Gasteiger partial charge < -0.3 is 5.32 Å². The van der Waals surface area contributed by atoms with Crippen molar-refractivity contribution in [2.75, 3.05) is 5.32 Å². The smallest absolute Gasteiger partial charge is 0.183 e. The molecule has 0 aliphatic carbocycles. The summed E-state index contributed by atoms with van der Waals surface area (Å²) in [6.07, 6.45) is 1.81. The molecule has 21 heavy (non-hydrogen) atoms. The zero-order valence-electron chi connectivity index (χ0n) is 11.8. The first-order valence-electron chi connectivity index (χ1n) is 6.57. The zero-order chi connectivity index (χ0) is 14.8. The maximum Gasteiger partial charge on any atom is 0.183 e. The van der Waals surface area contributed by atoms with Gasteiger partial charge in [0.2, 0.25) is 0 Å². The summed E-state index contributed by atoms with van der Waals surface area (Å²) in [4.78, 5) is 5.37. The van der Waals surface area contributed by atoms with Gasteiger partial charge in [-0.05, 0) is 19.1 Å². The summed E-state index contributed by atoms with van der Waals surface area (Å²) in [5.41, 5.74) is 2.64. The number of rotatable bonds is 4. The first-order chi connectivity index (χ1) is 10.1. The van der Waals surface area contributed by atoms with E-state index in [-0.39, 0.29) is 5.82 Å². The van der Waals surface area contributed by atoms with Gasteiger partial charge in [0.15, 0.2) is 5.13 Å². The number of nitrogens with zero attached hydrogens (tertiary/aromatic N) is 3. The third-order valence-electron chi connectivity index (χ3n) is 3.15. The summed E-state index contributed by atoms with van der Waals surface area (Å²) in [6, 6.07) is 8.76. The molecule has 3 aromatic rings. The average molecular weight is 302 g/mol. The van der Waals surface area contributed by atoms with Gasteiger partial charge in [0.25, 0.3) is 0 Å². The number of aryl methyl sites for hydroxylation is 2. The highest BCUT2D eigenvalue weighted by atomic mass is 32.1. The standard InChI is InChI=1S/C15H15FN4S/c1-10-7-13(20(2)19-10)14-9-18-15(21-14)17-8-11-5-3-4-6-12(11)16/h3-7,9H,8H2,1-2H3,(H,17,18). The van der Waals surface area contributed by atoms with Crippen LogP contribution in [0.2, 0.25) is 0 Å². The van der Waals surface area contributed by atoms with E-state index in [1.54, 1.807) is 12.1 Å². The molecule has 0 aliphatic heterocycles. The lowest BCUT2D eigenvalue weighted by atomic mass is 10.2. The summed E-state index contributed by atoms with van der Waals surface area (Å²) in [5, 5.41) is 8.25. The summed E-state index contributed by atoms with van der Waals surface area (Å²) in [6.45, 7) is 2.38. The highest BCUT2D eigenvalue weighted by Gasteiger charge is 2.09. The Morgan fingerprint density at radius 3 is 2.86 bits per heavy atom. The van der Waals surface area contributed by atoms with E-state index >= 15 is 0 Å². The summed E-state index contributed by atoms with van der Waals surface area (Å²) >= 11 is 1.53. The molecule has 0 bridgehead atoms. The quantitative estimate of drug-likeness (QED) is 0.800. The average Bonchev–Trinajstić information content (AvgIpc) is 3.04. The maximum absolute atomic E-state index is 13.5. The molecule has 1 N–H and O–H groups in total. The topological polar surface area (TPSA) is 42.7 Å². The molecule has 3 rings (SSSR count). The highest BCUT2D eigenvalue weighted by molar-refractivity contribution is 7.18. The van der Waals surface area contributed by atoms with Gasteiger partial charge in [-0.1, -0.05) is 29.5 Å². The minimum absolute atomic E-state index is 0.205. The molecule has 0 unspecified atom stereocenters. The molecule has 1 aromatic carbocycles. The van der Waals surface area contributed by atoms with Crippen molar-refractivity contribution in [2.45, 2.75) is 13.5 Å². The minimum Gasteiger partial charge on any atom is -0.357 e. The second-order valence-electron chi connectivity index (χ2n) is 4.77. The summed E-state index contributed by atoms with van der Waals surface area (Å²) in [7, 11) is 1.91. The van der Waals surface area contributed by atoms with Gasteiger partial charge in [-0.3, -0.25) is 4.68 Å². The van der Waals surface area contributed by atoms with E-state index in [0.717, 1.165) is 21.4 Å². The molecule has 108 valence electrons. The highest BCUT2D eigenvalue weighted by Crippen LogP contribution is 2.29. The molecule has 2 aromatic heterocycles. The minimum atomic E-state index is -0.205. The van der Waals surface area contributed by atoms with Crippen LogP contribution >= 0.6 is 11.3 Å². The van der Waals surface area contributed by atoms with Gasteiger partial charge in [-0.15, -0.1) is 0 Å². The molecule has 0 aliphatic rings. The Hall–Kier alpha value is -2.21. The molecule has 0 spiro atoms. The summed E-state index contributed by atoms with van der Waals surface area (Å²) in [5.74, 6) is -0.205. The van der Waals surface area contributed by atoms with E-state index in [1.807, 2.05) is 37.0 Å². The first kappa shape index (κ1) is 13.8. The van der Waals surface area contributed by atoms with Crippen LogP contribution in [0.3, 0.4) is 0 Å². The fourth-order valence-electron chi connectivity index (χ4n) is 2.13. The Labute approximate surface area is 126 Å². The van der Waals surface area contributed by atoms with Crippen LogP contribution in [-0.4, -0.2) is 14.8 Å². The van der Waals surface area contributed by atoms with Gasteiger partial charge >= 0.3 is 0 Å². The van der Waals surface area contributed by atoms with Crippen molar-refractivity contribution in [3.05, 3.63) is 53.6 Å². The van der Waals surface area contributed by atoms with E-state index < -0.39 is 0 Å². The van der Waals surface area contributed by atoms with Gasteiger partial charge in [-0.25, -0.2) is 9.37 Å². The van der Waals surface area contributed by atoms with Crippen molar-refractivity contribution < 1.29 is 4.39 Å². The van der Waals surface area contributed by atoms with E-state index in [9.17, 15) is 4.39 Å². The molecular weight excluding hydrogens is 287 g/mol. The largest absolute Gasteiger partial charge is 0.357 e. The van der Waals surface area contributed by atoms with E-state index in [4.69, 9.17) is 0 Å². The lowest BCUT2D eigenvalue weighted by Gasteiger charge is -2.03. The number of nitrogens with one attached hydrogen (secondary N) is 1. The van der Waals surface area contributed by atoms with Crippen molar-refractivity contribution in [3.63, 3.8) is 0 Å². The number of halogens is 1. The predicted octanol–water partition coefficient (Wildman–Crippen LogP) is 3.60. The molecule has 0 radical (unpaired) electrons. The van der Waals surface area contributed by atoms with Crippen LogP contribution in [0.4, 0.5) is 9.52 Å². The van der Waals surface area contributed by atoms with Crippen LogP contribution in [0.15, 0.2) is 36.5 Å². The second kappa shape index (κ2) is 5.65. The third-order valence-corrected chi connectivity index (χ3v) is 4.13. The Morgan fingerprint density at radius 1 is 1.33 bits per heavy atom. The Kier molecular flexibility index (Phi) is 3.70. The Balaban J connectivity index is 1.74. The normalized spacial score (nSPS) is 10.8. The van der Waals surface area contributed by atoms with Crippen LogP contribution in [0.5, 0.6) is 0 Å². The van der Waals surface area contributed by atoms with E-state index in [2.05, 4.69) is 15.4 Å². The molecule has 4 nitrogen and oxygen atoms in total. The second-order valence-corrected chi connectivity index (χ2v) is 5.80. The number of hydrogen-bond acceptors (Lipinski definition) is 4. The molecule has 0 atom stereocenters. The number of hydrogen-bond donors (Lipinski definition) is 1. The number of benzene rings is 1. The summed E-state index contributed by atoms with van der Waals surface area (Å²) < 4.78 is 15.4. The molecule has 2 heterocycles. The van der Waals surface area contributed by atoms with Gasteiger partial charge in [0, 0.05) is 25.4 Å². The van der Waals surface area contributed by atoms with Crippen LogP contribution in [0.1, 0.15) is 11.3 Å². The van der Waals surface area contributed by atoms with E-state index in [1.165, 1.54) is 17.4 Å². The van der Waals surface area contributed by atoms with Crippen molar-refractivity contribution in [3.8, 4) is 10.6 Å². The van der Waals surface area contributed by atoms with Gasteiger partial charge in [-0.2, -0.15) is 5.10 Å². The molecule has 0 fully saturated rings. The van der Waals surface area contributed by atoms with E-state index in [0.29, 0.717) is 12.1 Å². The third kappa shape index (κ3) is 2.95. The fraction of sp³-hybridized carbons (Fsp3) is 0.200.